The number of carbonyl (C=O) groups excluding carboxylic acids is 2. The lowest BCUT2D eigenvalue weighted by atomic mass is 9.72. The summed E-state index contributed by atoms with van der Waals surface area (Å²) < 4.78 is 11.1. The van der Waals surface area contributed by atoms with Crippen LogP contribution in [0, 0.1) is 5.92 Å². The van der Waals surface area contributed by atoms with E-state index >= 15 is 0 Å². The van der Waals surface area contributed by atoms with E-state index in [2.05, 4.69) is 0 Å². The van der Waals surface area contributed by atoms with Gasteiger partial charge in [-0.3, -0.25) is 14.6 Å². The molecule has 0 radical (unpaired) electrons. The van der Waals surface area contributed by atoms with Gasteiger partial charge in [0.1, 0.15) is 17.8 Å². The van der Waals surface area contributed by atoms with Crippen molar-refractivity contribution in [3.05, 3.63) is 41.1 Å². The molecule has 1 heterocycles. The summed E-state index contributed by atoms with van der Waals surface area (Å²) in [7, 11) is 1.62. The van der Waals surface area contributed by atoms with Crippen molar-refractivity contribution in [3.8, 4) is 5.75 Å². The summed E-state index contributed by atoms with van der Waals surface area (Å²) in [6.45, 7) is 1.89. The van der Waals surface area contributed by atoms with E-state index in [0.29, 0.717) is 12.0 Å². The van der Waals surface area contributed by atoms with E-state index in [1.165, 1.54) is 0 Å². The van der Waals surface area contributed by atoms with Crippen molar-refractivity contribution in [2.45, 2.75) is 63.9 Å². The minimum Gasteiger partial charge on any atom is -0.497 e. The Morgan fingerprint density at radius 2 is 1.79 bits per heavy atom. The largest absolute Gasteiger partial charge is 0.497 e. The van der Waals surface area contributed by atoms with E-state index in [4.69, 9.17) is 14.5 Å². The van der Waals surface area contributed by atoms with Crippen LogP contribution in [0.4, 0.5) is 0 Å². The summed E-state index contributed by atoms with van der Waals surface area (Å²) in [6, 6.07) is 7.65. The number of hydrogen-bond donors (Lipinski definition) is 0. The molecule has 1 saturated carbocycles. The maximum absolute atomic E-state index is 13.2. The first kappa shape index (κ1) is 18.9. The summed E-state index contributed by atoms with van der Waals surface area (Å²) in [4.78, 5) is 30.7. The van der Waals surface area contributed by atoms with Crippen molar-refractivity contribution in [1.82, 2.24) is 0 Å². The molecule has 0 spiro atoms. The molecule has 1 aliphatic heterocycles. The summed E-state index contributed by atoms with van der Waals surface area (Å²) in [6.07, 6.45) is 6.18. The molecule has 0 bridgehead atoms. The van der Waals surface area contributed by atoms with Gasteiger partial charge in [0.05, 0.1) is 7.11 Å². The number of allylic oxidation sites excluding steroid dienone is 2. The summed E-state index contributed by atoms with van der Waals surface area (Å²) in [5.74, 6) is -0.273. The minimum atomic E-state index is -0.546. The lowest BCUT2D eigenvalue weighted by Gasteiger charge is -2.35. The van der Waals surface area contributed by atoms with Crippen LogP contribution in [-0.4, -0.2) is 30.7 Å². The van der Waals surface area contributed by atoms with Crippen LogP contribution in [0.15, 0.2) is 40.5 Å². The molecular formula is C23H27NO4. The number of rotatable bonds is 4. The molecule has 5 nitrogen and oxygen atoms in total. The molecular weight excluding hydrogens is 354 g/mol. The van der Waals surface area contributed by atoms with Crippen LogP contribution in [0.3, 0.4) is 0 Å². The first-order valence-electron chi connectivity index (χ1n) is 10.2. The van der Waals surface area contributed by atoms with Gasteiger partial charge >= 0.3 is 5.97 Å². The summed E-state index contributed by atoms with van der Waals surface area (Å²) >= 11 is 0. The van der Waals surface area contributed by atoms with Crippen molar-refractivity contribution in [1.29, 1.82) is 0 Å². The van der Waals surface area contributed by atoms with Crippen LogP contribution >= 0.6 is 0 Å². The highest BCUT2D eigenvalue weighted by molar-refractivity contribution is 6.08. The number of hydrogen-bond acceptors (Lipinski definition) is 5. The number of ether oxygens (including phenoxy) is 2. The van der Waals surface area contributed by atoms with Crippen molar-refractivity contribution < 1.29 is 19.1 Å². The van der Waals surface area contributed by atoms with Gasteiger partial charge in [0.2, 0.25) is 0 Å². The Bertz CT molecular complexity index is 831. The molecule has 28 heavy (non-hydrogen) atoms. The predicted octanol–water partition coefficient (Wildman–Crippen LogP) is 4.36. The quantitative estimate of drug-likeness (QED) is 0.727. The first-order chi connectivity index (χ1) is 13.6. The number of Topliss-reactive ketones (excluding diaryl/α,β-unsaturated/α-hetero) is 1. The molecule has 1 fully saturated rings. The molecule has 148 valence electrons. The fourth-order valence-electron chi connectivity index (χ4n) is 4.73. The van der Waals surface area contributed by atoms with Crippen LogP contribution in [0.5, 0.6) is 5.75 Å². The molecule has 0 aromatic heterocycles. The number of nitrogens with zero attached hydrogens (tertiary/aromatic N) is 1. The zero-order valence-electron chi connectivity index (χ0n) is 16.6. The number of esters is 1. The predicted molar refractivity (Wildman–Crippen MR) is 107 cm³/mol. The van der Waals surface area contributed by atoms with E-state index in [1.807, 2.05) is 31.2 Å². The van der Waals surface area contributed by atoms with Gasteiger partial charge in [-0.25, -0.2) is 0 Å². The Morgan fingerprint density at radius 1 is 1.07 bits per heavy atom. The second-order valence-corrected chi connectivity index (χ2v) is 7.96. The highest BCUT2D eigenvalue weighted by Crippen LogP contribution is 2.44. The highest BCUT2D eigenvalue weighted by Gasteiger charge is 2.43. The van der Waals surface area contributed by atoms with Gasteiger partial charge in [0.25, 0.3) is 0 Å². The minimum absolute atomic E-state index is 0.00532. The average Bonchev–Trinajstić information content (AvgIpc) is 3.20. The third kappa shape index (κ3) is 3.50. The van der Waals surface area contributed by atoms with E-state index in [9.17, 15) is 9.59 Å². The monoisotopic (exact) mass is 381 g/mol. The van der Waals surface area contributed by atoms with Gasteiger partial charge in [-0.05, 0) is 63.1 Å². The fraction of sp³-hybridized carbons (Fsp3) is 0.522. The van der Waals surface area contributed by atoms with Gasteiger partial charge < -0.3 is 9.47 Å². The van der Waals surface area contributed by atoms with Gasteiger partial charge in [-0.2, -0.15) is 0 Å². The van der Waals surface area contributed by atoms with Crippen molar-refractivity contribution in [2.75, 3.05) is 7.11 Å². The number of carbonyl (C=O) groups is 2. The molecule has 0 N–H and O–H groups in total. The Labute approximate surface area is 165 Å². The molecule has 2 aliphatic carbocycles. The number of aliphatic imine (C=N–C) groups is 1. The van der Waals surface area contributed by atoms with Crippen LogP contribution in [0.2, 0.25) is 0 Å². The maximum atomic E-state index is 13.2. The SMILES string of the molecule is COc1ccc([C@H]2C3=C(CCCC3=O)N=C(C)C2C(=O)OC2CCCC2)cc1. The van der Waals surface area contributed by atoms with Crippen molar-refractivity contribution in [2.24, 2.45) is 10.9 Å². The second-order valence-electron chi connectivity index (χ2n) is 7.96. The lowest BCUT2D eigenvalue weighted by Crippen LogP contribution is -2.38. The number of benzene rings is 1. The van der Waals surface area contributed by atoms with Gasteiger partial charge in [0, 0.05) is 29.3 Å². The standard InChI is InChI=1S/C23H27NO4/c1-14-20(23(26)28-17-6-3-4-7-17)21(15-10-12-16(27-2)13-11-15)22-18(24-14)8-5-9-19(22)25/h10-13,17,20-21H,3-9H2,1-2H3/t20?,21-/m1/s1. The number of ketones is 1. The Morgan fingerprint density at radius 3 is 2.46 bits per heavy atom. The molecule has 1 aromatic rings. The zero-order valence-corrected chi connectivity index (χ0v) is 16.6. The van der Waals surface area contributed by atoms with E-state index in [0.717, 1.165) is 61.2 Å². The third-order valence-electron chi connectivity index (χ3n) is 6.15. The van der Waals surface area contributed by atoms with E-state index < -0.39 is 5.92 Å². The molecule has 1 aromatic carbocycles. The van der Waals surface area contributed by atoms with E-state index in [-0.39, 0.29) is 23.8 Å². The van der Waals surface area contributed by atoms with Crippen LogP contribution in [0.1, 0.15) is 63.4 Å². The van der Waals surface area contributed by atoms with Crippen molar-refractivity contribution >= 4 is 17.5 Å². The first-order valence-corrected chi connectivity index (χ1v) is 10.2. The zero-order chi connectivity index (χ0) is 19.7. The molecule has 0 amide bonds. The van der Waals surface area contributed by atoms with E-state index in [1.54, 1.807) is 7.11 Å². The average molecular weight is 381 g/mol. The van der Waals surface area contributed by atoms with Crippen molar-refractivity contribution in [3.63, 3.8) is 0 Å². The summed E-state index contributed by atoms with van der Waals surface area (Å²) in [5.41, 5.74) is 3.23. The lowest BCUT2D eigenvalue weighted by molar-refractivity contribution is -0.151. The molecule has 0 saturated heterocycles. The third-order valence-corrected chi connectivity index (χ3v) is 6.15. The number of methoxy groups -OCH3 is 1. The topological polar surface area (TPSA) is 65.0 Å². The van der Waals surface area contributed by atoms with Gasteiger partial charge in [-0.15, -0.1) is 0 Å². The second kappa shape index (κ2) is 7.90. The molecule has 5 heteroatoms. The Kier molecular flexibility index (Phi) is 5.33. The maximum Gasteiger partial charge on any atom is 0.315 e. The van der Waals surface area contributed by atoms with Gasteiger partial charge in [0.15, 0.2) is 5.78 Å². The van der Waals surface area contributed by atoms with Gasteiger partial charge in [-0.1, -0.05) is 12.1 Å². The molecule has 3 aliphatic rings. The van der Waals surface area contributed by atoms with Crippen LogP contribution in [-0.2, 0) is 14.3 Å². The molecule has 2 atom stereocenters. The normalized spacial score (nSPS) is 25.4. The summed E-state index contributed by atoms with van der Waals surface area (Å²) in [5, 5.41) is 0. The fourth-order valence-corrected chi connectivity index (χ4v) is 4.73. The molecule has 1 unspecified atom stereocenters. The smallest absolute Gasteiger partial charge is 0.315 e. The Balaban J connectivity index is 1.73. The Hall–Kier alpha value is -2.43. The highest BCUT2D eigenvalue weighted by atomic mass is 16.5. The van der Waals surface area contributed by atoms with Crippen LogP contribution in [0.25, 0.3) is 0 Å². The van der Waals surface area contributed by atoms with Crippen LogP contribution < -0.4 is 4.74 Å². The molecule has 4 rings (SSSR count).